The lowest BCUT2D eigenvalue weighted by molar-refractivity contribution is -0.115. The molecular weight excluding hydrogens is 302 g/mol. The SMILES string of the molecule is CC(C)c1cccc(NC(=O)Cc2n[nH]c(=O)c3ccccc23)c1. The van der Waals surface area contributed by atoms with Crippen LogP contribution in [-0.2, 0) is 11.2 Å². The molecule has 0 radical (unpaired) electrons. The molecule has 5 heteroatoms. The van der Waals surface area contributed by atoms with Crippen LogP contribution in [0.4, 0.5) is 5.69 Å². The van der Waals surface area contributed by atoms with E-state index in [1.807, 2.05) is 30.3 Å². The van der Waals surface area contributed by atoms with Crippen LogP contribution in [0.2, 0.25) is 0 Å². The van der Waals surface area contributed by atoms with Gasteiger partial charge in [-0.25, -0.2) is 5.10 Å². The summed E-state index contributed by atoms with van der Waals surface area (Å²) in [7, 11) is 0. The third-order valence-electron chi connectivity index (χ3n) is 3.94. The van der Waals surface area contributed by atoms with Crippen LogP contribution < -0.4 is 10.9 Å². The molecule has 3 rings (SSSR count). The number of amides is 1. The van der Waals surface area contributed by atoms with Gasteiger partial charge in [0.05, 0.1) is 17.5 Å². The molecule has 1 heterocycles. The second kappa shape index (κ2) is 6.66. The predicted molar refractivity (Wildman–Crippen MR) is 95.2 cm³/mol. The van der Waals surface area contributed by atoms with Gasteiger partial charge in [-0.1, -0.05) is 44.2 Å². The number of nitrogens with zero attached hydrogens (tertiary/aromatic N) is 1. The Balaban J connectivity index is 1.82. The van der Waals surface area contributed by atoms with E-state index in [-0.39, 0.29) is 17.9 Å². The molecule has 0 atom stereocenters. The van der Waals surface area contributed by atoms with Gasteiger partial charge in [-0.2, -0.15) is 5.10 Å². The van der Waals surface area contributed by atoms with Gasteiger partial charge >= 0.3 is 0 Å². The van der Waals surface area contributed by atoms with Crippen molar-refractivity contribution in [2.75, 3.05) is 5.32 Å². The van der Waals surface area contributed by atoms with Crippen LogP contribution in [0.5, 0.6) is 0 Å². The second-order valence-electron chi connectivity index (χ2n) is 6.05. The second-order valence-corrected chi connectivity index (χ2v) is 6.05. The summed E-state index contributed by atoms with van der Waals surface area (Å²) in [5.74, 6) is 0.229. The summed E-state index contributed by atoms with van der Waals surface area (Å²) in [6, 6.07) is 15.0. The molecule has 2 N–H and O–H groups in total. The van der Waals surface area contributed by atoms with E-state index in [9.17, 15) is 9.59 Å². The lowest BCUT2D eigenvalue weighted by atomic mass is 10.0. The van der Waals surface area contributed by atoms with E-state index in [1.165, 1.54) is 5.56 Å². The Morgan fingerprint density at radius 1 is 1.12 bits per heavy atom. The Morgan fingerprint density at radius 3 is 2.62 bits per heavy atom. The smallest absolute Gasteiger partial charge is 0.272 e. The van der Waals surface area contributed by atoms with Crippen molar-refractivity contribution in [3.63, 3.8) is 0 Å². The van der Waals surface area contributed by atoms with E-state index in [0.717, 1.165) is 5.69 Å². The third-order valence-corrected chi connectivity index (χ3v) is 3.94. The van der Waals surface area contributed by atoms with E-state index < -0.39 is 0 Å². The van der Waals surface area contributed by atoms with Gasteiger partial charge in [0, 0.05) is 11.1 Å². The molecule has 0 saturated carbocycles. The molecule has 5 nitrogen and oxygen atoms in total. The van der Waals surface area contributed by atoms with Crippen LogP contribution in [0.25, 0.3) is 10.8 Å². The largest absolute Gasteiger partial charge is 0.326 e. The van der Waals surface area contributed by atoms with Crippen molar-refractivity contribution in [3.8, 4) is 0 Å². The lowest BCUT2D eigenvalue weighted by Gasteiger charge is -2.10. The monoisotopic (exact) mass is 321 g/mol. The fraction of sp³-hybridized carbons (Fsp3) is 0.211. The van der Waals surface area contributed by atoms with Crippen LogP contribution in [0, 0.1) is 0 Å². The highest BCUT2D eigenvalue weighted by Gasteiger charge is 2.11. The van der Waals surface area contributed by atoms with Gasteiger partial charge in [0.1, 0.15) is 0 Å². The summed E-state index contributed by atoms with van der Waals surface area (Å²) in [6.07, 6.45) is 0.100. The molecule has 0 saturated heterocycles. The Morgan fingerprint density at radius 2 is 1.88 bits per heavy atom. The average Bonchev–Trinajstić information content (AvgIpc) is 2.58. The normalized spacial score (nSPS) is 11.0. The van der Waals surface area contributed by atoms with E-state index in [4.69, 9.17) is 0 Å². The number of carbonyl (C=O) groups excluding carboxylic acids is 1. The minimum atomic E-state index is -0.251. The van der Waals surface area contributed by atoms with E-state index >= 15 is 0 Å². The molecule has 0 aliphatic carbocycles. The van der Waals surface area contributed by atoms with Crippen LogP contribution in [0.1, 0.15) is 31.0 Å². The first-order valence-electron chi connectivity index (χ1n) is 7.90. The number of carbonyl (C=O) groups is 1. The number of hydrogen-bond donors (Lipinski definition) is 2. The number of rotatable bonds is 4. The van der Waals surface area contributed by atoms with E-state index in [2.05, 4.69) is 29.4 Å². The van der Waals surface area contributed by atoms with Crippen molar-refractivity contribution in [2.45, 2.75) is 26.2 Å². The quantitative estimate of drug-likeness (QED) is 0.774. The molecule has 1 amide bonds. The van der Waals surface area contributed by atoms with Gasteiger partial charge in [-0.3, -0.25) is 9.59 Å². The maximum absolute atomic E-state index is 12.3. The highest BCUT2D eigenvalue weighted by Crippen LogP contribution is 2.19. The maximum atomic E-state index is 12.3. The summed E-state index contributed by atoms with van der Waals surface area (Å²) in [6.45, 7) is 4.22. The number of nitrogens with one attached hydrogen (secondary N) is 2. The molecule has 0 unspecified atom stereocenters. The summed E-state index contributed by atoms with van der Waals surface area (Å²) in [5, 5.41) is 10.6. The van der Waals surface area contributed by atoms with Gasteiger partial charge in [0.2, 0.25) is 5.91 Å². The van der Waals surface area contributed by atoms with Crippen LogP contribution in [0.15, 0.2) is 53.3 Å². The molecule has 3 aromatic rings. The van der Waals surface area contributed by atoms with Crippen LogP contribution in [-0.4, -0.2) is 16.1 Å². The average molecular weight is 321 g/mol. The number of aromatic amines is 1. The number of hydrogen-bond acceptors (Lipinski definition) is 3. The van der Waals surface area contributed by atoms with Crippen molar-refractivity contribution in [3.05, 3.63) is 70.1 Å². The standard InChI is InChI=1S/C19H19N3O2/c1-12(2)13-6-5-7-14(10-13)20-18(23)11-17-15-8-3-4-9-16(15)19(24)22-21-17/h3-10,12H,11H2,1-2H3,(H,20,23)(H,22,24). The zero-order valence-corrected chi connectivity index (χ0v) is 13.7. The molecule has 0 aliphatic heterocycles. The first-order chi connectivity index (χ1) is 11.5. The van der Waals surface area contributed by atoms with Crippen molar-refractivity contribution in [1.82, 2.24) is 10.2 Å². The van der Waals surface area contributed by atoms with Crippen molar-refractivity contribution >= 4 is 22.4 Å². The maximum Gasteiger partial charge on any atom is 0.272 e. The van der Waals surface area contributed by atoms with E-state index in [0.29, 0.717) is 22.4 Å². The number of fused-ring (bicyclic) bond motifs is 1. The molecule has 0 spiro atoms. The fourth-order valence-electron chi connectivity index (χ4n) is 2.64. The zero-order chi connectivity index (χ0) is 17.1. The molecule has 0 fully saturated rings. The molecule has 2 aromatic carbocycles. The third kappa shape index (κ3) is 3.35. The Bertz CT molecular complexity index is 944. The molecular formula is C19H19N3O2. The number of anilines is 1. The van der Waals surface area contributed by atoms with Crippen LogP contribution >= 0.6 is 0 Å². The van der Waals surface area contributed by atoms with Crippen molar-refractivity contribution in [2.24, 2.45) is 0 Å². The van der Waals surface area contributed by atoms with Gasteiger partial charge in [0.25, 0.3) is 5.56 Å². The zero-order valence-electron chi connectivity index (χ0n) is 13.7. The van der Waals surface area contributed by atoms with Crippen molar-refractivity contribution < 1.29 is 4.79 Å². The van der Waals surface area contributed by atoms with Gasteiger partial charge in [-0.15, -0.1) is 0 Å². The van der Waals surface area contributed by atoms with E-state index in [1.54, 1.807) is 18.2 Å². The minimum Gasteiger partial charge on any atom is -0.326 e. The fourth-order valence-corrected chi connectivity index (χ4v) is 2.64. The summed E-state index contributed by atoms with van der Waals surface area (Å²) >= 11 is 0. The number of benzene rings is 2. The molecule has 122 valence electrons. The number of aromatic nitrogens is 2. The summed E-state index contributed by atoms with van der Waals surface area (Å²) < 4.78 is 0. The highest BCUT2D eigenvalue weighted by atomic mass is 16.1. The van der Waals surface area contributed by atoms with Gasteiger partial charge in [0.15, 0.2) is 0 Å². The number of H-pyrrole nitrogens is 1. The van der Waals surface area contributed by atoms with Gasteiger partial charge < -0.3 is 5.32 Å². The predicted octanol–water partition coefficient (Wildman–Crippen LogP) is 3.23. The lowest BCUT2D eigenvalue weighted by Crippen LogP contribution is -2.18. The Labute approximate surface area is 139 Å². The Kier molecular flexibility index (Phi) is 4.42. The highest BCUT2D eigenvalue weighted by molar-refractivity contribution is 5.95. The molecule has 24 heavy (non-hydrogen) atoms. The first-order valence-corrected chi connectivity index (χ1v) is 7.90. The van der Waals surface area contributed by atoms with Gasteiger partial charge in [-0.05, 0) is 29.7 Å². The molecule has 0 aliphatic rings. The summed E-state index contributed by atoms with van der Waals surface area (Å²) in [4.78, 5) is 24.1. The first kappa shape index (κ1) is 15.9. The van der Waals surface area contributed by atoms with Crippen LogP contribution in [0.3, 0.4) is 0 Å². The topological polar surface area (TPSA) is 74.8 Å². The Hall–Kier alpha value is -2.95. The minimum absolute atomic E-state index is 0.100. The van der Waals surface area contributed by atoms with Crippen molar-refractivity contribution in [1.29, 1.82) is 0 Å². The summed E-state index contributed by atoms with van der Waals surface area (Å²) in [5.41, 5.74) is 2.24. The molecule has 1 aromatic heterocycles. The molecule has 0 bridgehead atoms.